The molecule has 1 aromatic carbocycles. The Labute approximate surface area is 97.3 Å². The predicted octanol–water partition coefficient (Wildman–Crippen LogP) is 4.02. The SMILES string of the molecule is CC.COc1ccc(C)cc1-c1ccc[nH]1. The van der Waals surface area contributed by atoms with E-state index in [4.69, 9.17) is 4.74 Å². The molecule has 0 saturated heterocycles. The lowest BCUT2D eigenvalue weighted by atomic mass is 10.1. The van der Waals surface area contributed by atoms with Gasteiger partial charge in [0.15, 0.2) is 0 Å². The highest BCUT2D eigenvalue weighted by molar-refractivity contribution is 5.68. The fraction of sp³-hybridized carbons (Fsp3) is 0.286. The normalized spacial score (nSPS) is 9.25. The van der Waals surface area contributed by atoms with E-state index in [1.165, 1.54) is 5.56 Å². The molecule has 16 heavy (non-hydrogen) atoms. The van der Waals surface area contributed by atoms with Gasteiger partial charge in [0.2, 0.25) is 0 Å². The van der Waals surface area contributed by atoms with Gasteiger partial charge in [0.05, 0.1) is 7.11 Å². The van der Waals surface area contributed by atoms with Gasteiger partial charge in [-0.05, 0) is 31.2 Å². The smallest absolute Gasteiger partial charge is 0.128 e. The molecule has 1 aromatic heterocycles. The van der Waals surface area contributed by atoms with Gasteiger partial charge in [-0.25, -0.2) is 0 Å². The Morgan fingerprint density at radius 2 is 1.88 bits per heavy atom. The molecule has 2 aromatic rings. The van der Waals surface area contributed by atoms with Crippen molar-refractivity contribution >= 4 is 0 Å². The zero-order valence-electron chi connectivity index (χ0n) is 10.4. The van der Waals surface area contributed by atoms with Crippen LogP contribution in [0, 0.1) is 6.92 Å². The number of methoxy groups -OCH3 is 1. The number of aryl methyl sites for hydroxylation is 1. The molecule has 0 aliphatic heterocycles. The lowest BCUT2D eigenvalue weighted by molar-refractivity contribution is 0.416. The quantitative estimate of drug-likeness (QED) is 0.807. The maximum Gasteiger partial charge on any atom is 0.128 e. The van der Waals surface area contributed by atoms with Crippen LogP contribution in [-0.2, 0) is 0 Å². The van der Waals surface area contributed by atoms with Gasteiger partial charge in [-0.15, -0.1) is 0 Å². The maximum absolute atomic E-state index is 5.30. The van der Waals surface area contributed by atoms with Crippen molar-refractivity contribution < 1.29 is 4.74 Å². The molecule has 2 rings (SSSR count). The molecule has 2 heteroatoms. The molecule has 1 heterocycles. The van der Waals surface area contributed by atoms with Gasteiger partial charge in [0.1, 0.15) is 5.75 Å². The van der Waals surface area contributed by atoms with Crippen LogP contribution < -0.4 is 4.74 Å². The van der Waals surface area contributed by atoms with Gasteiger partial charge in [0, 0.05) is 17.5 Å². The summed E-state index contributed by atoms with van der Waals surface area (Å²) in [7, 11) is 1.69. The van der Waals surface area contributed by atoms with Crippen molar-refractivity contribution in [3.8, 4) is 17.0 Å². The maximum atomic E-state index is 5.30. The van der Waals surface area contributed by atoms with Crippen LogP contribution in [-0.4, -0.2) is 12.1 Å². The predicted molar refractivity (Wildman–Crippen MR) is 68.9 cm³/mol. The van der Waals surface area contributed by atoms with E-state index in [1.54, 1.807) is 7.11 Å². The van der Waals surface area contributed by atoms with E-state index in [1.807, 2.05) is 44.3 Å². The van der Waals surface area contributed by atoms with E-state index in [0.29, 0.717) is 0 Å². The van der Waals surface area contributed by atoms with Crippen molar-refractivity contribution in [1.29, 1.82) is 0 Å². The molecule has 0 aliphatic rings. The van der Waals surface area contributed by atoms with E-state index >= 15 is 0 Å². The monoisotopic (exact) mass is 217 g/mol. The molecule has 0 atom stereocenters. The van der Waals surface area contributed by atoms with Gasteiger partial charge in [-0.2, -0.15) is 0 Å². The summed E-state index contributed by atoms with van der Waals surface area (Å²) in [6.07, 6.45) is 1.91. The van der Waals surface area contributed by atoms with Crippen molar-refractivity contribution in [1.82, 2.24) is 4.98 Å². The second-order valence-electron chi connectivity index (χ2n) is 3.29. The Morgan fingerprint density at radius 3 is 2.44 bits per heavy atom. The standard InChI is InChI=1S/C12H13NO.C2H6/c1-9-5-6-12(14-2)10(8-9)11-4-3-7-13-11;1-2/h3-8,13H,1-2H3;1-2H3. The second kappa shape index (κ2) is 6.01. The first-order valence-electron chi connectivity index (χ1n) is 5.59. The molecule has 0 saturated carbocycles. The van der Waals surface area contributed by atoms with E-state index in [0.717, 1.165) is 17.0 Å². The van der Waals surface area contributed by atoms with E-state index in [9.17, 15) is 0 Å². The van der Waals surface area contributed by atoms with E-state index in [-0.39, 0.29) is 0 Å². The van der Waals surface area contributed by atoms with Crippen LogP contribution in [0.5, 0.6) is 5.75 Å². The van der Waals surface area contributed by atoms with Crippen LogP contribution in [0.25, 0.3) is 11.3 Å². The molecule has 0 amide bonds. The van der Waals surface area contributed by atoms with Crippen molar-refractivity contribution in [2.24, 2.45) is 0 Å². The fourth-order valence-corrected chi connectivity index (χ4v) is 1.53. The highest BCUT2D eigenvalue weighted by Gasteiger charge is 2.05. The number of rotatable bonds is 2. The fourth-order valence-electron chi connectivity index (χ4n) is 1.53. The van der Waals surface area contributed by atoms with Crippen LogP contribution >= 0.6 is 0 Å². The van der Waals surface area contributed by atoms with E-state index < -0.39 is 0 Å². The molecule has 0 spiro atoms. The summed E-state index contributed by atoms with van der Waals surface area (Å²) in [4.78, 5) is 3.18. The van der Waals surface area contributed by atoms with Gasteiger partial charge >= 0.3 is 0 Å². The second-order valence-corrected chi connectivity index (χ2v) is 3.29. The highest BCUT2D eigenvalue weighted by Crippen LogP contribution is 2.29. The van der Waals surface area contributed by atoms with Crippen LogP contribution in [0.2, 0.25) is 0 Å². The molecule has 0 unspecified atom stereocenters. The number of H-pyrrole nitrogens is 1. The first-order valence-corrected chi connectivity index (χ1v) is 5.59. The summed E-state index contributed by atoms with van der Waals surface area (Å²) < 4.78 is 5.30. The van der Waals surface area contributed by atoms with Crippen molar-refractivity contribution in [3.63, 3.8) is 0 Å². The molecule has 0 bridgehead atoms. The number of hydrogen-bond donors (Lipinski definition) is 1. The zero-order valence-corrected chi connectivity index (χ0v) is 10.4. The Kier molecular flexibility index (Phi) is 4.65. The molecule has 0 radical (unpaired) electrons. The summed E-state index contributed by atoms with van der Waals surface area (Å²) in [6, 6.07) is 10.2. The first-order chi connectivity index (χ1) is 7.81. The molecule has 1 N–H and O–H groups in total. The molecule has 0 aliphatic carbocycles. The number of hydrogen-bond acceptors (Lipinski definition) is 1. The van der Waals surface area contributed by atoms with Gasteiger partial charge < -0.3 is 9.72 Å². The third-order valence-electron chi connectivity index (χ3n) is 2.24. The van der Waals surface area contributed by atoms with Crippen molar-refractivity contribution in [3.05, 3.63) is 42.1 Å². The minimum atomic E-state index is 0.901. The van der Waals surface area contributed by atoms with Crippen LogP contribution in [0.3, 0.4) is 0 Å². The Morgan fingerprint density at radius 1 is 1.12 bits per heavy atom. The summed E-state index contributed by atoms with van der Waals surface area (Å²) in [5.41, 5.74) is 3.43. The van der Waals surface area contributed by atoms with Crippen LogP contribution in [0.4, 0.5) is 0 Å². The van der Waals surface area contributed by atoms with Crippen LogP contribution in [0.1, 0.15) is 19.4 Å². The Bertz CT molecular complexity index is 418. The Hall–Kier alpha value is -1.70. The highest BCUT2D eigenvalue weighted by atomic mass is 16.5. The number of benzene rings is 1. The number of ether oxygens (including phenoxy) is 1. The molecule has 86 valence electrons. The third kappa shape index (κ3) is 2.66. The van der Waals surface area contributed by atoms with E-state index in [2.05, 4.69) is 18.0 Å². The van der Waals surface area contributed by atoms with Crippen molar-refractivity contribution in [2.45, 2.75) is 20.8 Å². The van der Waals surface area contributed by atoms with Gasteiger partial charge in [0.25, 0.3) is 0 Å². The summed E-state index contributed by atoms with van der Waals surface area (Å²) in [5, 5.41) is 0. The first kappa shape index (κ1) is 12.4. The molecular weight excluding hydrogens is 198 g/mol. The lowest BCUT2D eigenvalue weighted by Gasteiger charge is -2.07. The summed E-state index contributed by atoms with van der Waals surface area (Å²) >= 11 is 0. The van der Waals surface area contributed by atoms with Gasteiger partial charge in [-0.3, -0.25) is 0 Å². The number of aromatic amines is 1. The summed E-state index contributed by atoms with van der Waals surface area (Å²) in [6.45, 7) is 6.08. The molecule has 2 nitrogen and oxygen atoms in total. The topological polar surface area (TPSA) is 25.0 Å². The average Bonchev–Trinajstić information content (AvgIpc) is 2.85. The minimum Gasteiger partial charge on any atom is -0.496 e. The van der Waals surface area contributed by atoms with Gasteiger partial charge in [-0.1, -0.05) is 25.5 Å². The summed E-state index contributed by atoms with van der Waals surface area (Å²) in [5.74, 6) is 0.901. The average molecular weight is 217 g/mol. The van der Waals surface area contributed by atoms with Crippen molar-refractivity contribution in [2.75, 3.05) is 7.11 Å². The lowest BCUT2D eigenvalue weighted by Crippen LogP contribution is -1.88. The van der Waals surface area contributed by atoms with Crippen LogP contribution in [0.15, 0.2) is 36.5 Å². The zero-order chi connectivity index (χ0) is 12.0. The number of aromatic nitrogens is 1. The molecule has 0 fully saturated rings. The third-order valence-corrected chi connectivity index (χ3v) is 2.24. The Balaban J connectivity index is 0.000000606. The molecular formula is C14H19NO. The largest absolute Gasteiger partial charge is 0.496 e. The minimum absolute atomic E-state index is 0.901. The number of nitrogens with one attached hydrogen (secondary N) is 1.